The van der Waals surface area contributed by atoms with Gasteiger partial charge in [0.05, 0.1) is 4.92 Å². The lowest BCUT2D eigenvalue weighted by atomic mass is 9.91. The first-order valence-electron chi connectivity index (χ1n) is 10.6. The lowest BCUT2D eigenvalue weighted by Crippen LogP contribution is -2.47. The Morgan fingerprint density at radius 3 is 2.25 bits per heavy atom. The van der Waals surface area contributed by atoms with Gasteiger partial charge in [-0.25, -0.2) is 0 Å². The van der Waals surface area contributed by atoms with Crippen molar-refractivity contribution in [3.05, 3.63) is 34.4 Å². The van der Waals surface area contributed by atoms with E-state index in [1.54, 1.807) is 12.1 Å². The first-order valence-corrected chi connectivity index (χ1v) is 13.5. The number of nitro benzene ring substituents is 1. The van der Waals surface area contributed by atoms with E-state index in [0.29, 0.717) is 18.1 Å². The van der Waals surface area contributed by atoms with Gasteiger partial charge < -0.3 is 9.33 Å². The molecule has 158 valence electrons. The predicted octanol–water partition coefficient (Wildman–Crippen LogP) is 6.39. The van der Waals surface area contributed by atoms with Crippen LogP contribution in [0.5, 0.6) is 0 Å². The molecule has 0 radical (unpaired) electrons. The highest BCUT2D eigenvalue weighted by Crippen LogP contribution is 2.40. The highest BCUT2D eigenvalue weighted by Gasteiger charge is 2.40. The molecule has 1 aromatic carbocycles. The average molecular weight is 407 g/mol. The van der Waals surface area contributed by atoms with Gasteiger partial charge in [0.25, 0.3) is 5.69 Å². The van der Waals surface area contributed by atoms with Crippen molar-refractivity contribution >= 4 is 19.7 Å². The maximum absolute atomic E-state index is 11.6. The maximum atomic E-state index is 11.6. The van der Waals surface area contributed by atoms with Gasteiger partial charge in [-0.3, -0.25) is 10.1 Å². The smallest absolute Gasteiger partial charge is 0.292 e. The van der Waals surface area contributed by atoms with E-state index in [0.717, 1.165) is 37.9 Å². The fourth-order valence-electron chi connectivity index (χ4n) is 3.77. The molecule has 0 aliphatic heterocycles. The molecule has 1 aliphatic rings. The van der Waals surface area contributed by atoms with E-state index in [1.165, 1.54) is 0 Å². The predicted molar refractivity (Wildman–Crippen MR) is 120 cm³/mol. The normalized spacial score (nSPS) is 21.0. The molecule has 0 spiro atoms. The number of anilines is 1. The third-order valence-corrected chi connectivity index (χ3v) is 10.8. The fourth-order valence-corrected chi connectivity index (χ4v) is 5.19. The second kappa shape index (κ2) is 8.95. The summed E-state index contributed by atoms with van der Waals surface area (Å²) in [6, 6.07) is 7.51. The highest BCUT2D eigenvalue weighted by atomic mass is 28.4. The first kappa shape index (κ1) is 22.9. The number of benzene rings is 1. The second-order valence-corrected chi connectivity index (χ2v) is 14.9. The molecule has 6 heteroatoms. The van der Waals surface area contributed by atoms with E-state index in [9.17, 15) is 10.1 Å². The second-order valence-electron chi connectivity index (χ2n) is 10.1. The summed E-state index contributed by atoms with van der Waals surface area (Å²) in [4.78, 5) is 13.6. The minimum absolute atomic E-state index is 0.211. The first-order chi connectivity index (χ1) is 12.9. The van der Waals surface area contributed by atoms with Crippen LogP contribution in [-0.4, -0.2) is 31.9 Å². The summed E-state index contributed by atoms with van der Waals surface area (Å²) < 4.78 is 6.63. The number of para-hydroxylation sites is 2. The number of hydrogen-bond donors (Lipinski definition) is 0. The lowest BCUT2D eigenvalue weighted by Gasteiger charge is -2.43. The Balaban J connectivity index is 2.13. The van der Waals surface area contributed by atoms with Crippen LogP contribution in [0.2, 0.25) is 18.1 Å². The zero-order valence-electron chi connectivity index (χ0n) is 18.7. The quantitative estimate of drug-likeness (QED) is 0.299. The number of rotatable bonds is 7. The fraction of sp³-hybridized carbons (Fsp3) is 0.727. The lowest BCUT2D eigenvalue weighted by molar-refractivity contribution is -0.384. The minimum atomic E-state index is -1.76. The van der Waals surface area contributed by atoms with Crippen molar-refractivity contribution in [1.29, 1.82) is 0 Å². The third kappa shape index (κ3) is 5.57. The summed E-state index contributed by atoms with van der Waals surface area (Å²) in [5.41, 5.74) is 0.970. The van der Waals surface area contributed by atoms with Crippen molar-refractivity contribution in [2.45, 2.75) is 90.6 Å². The molecule has 0 saturated heterocycles. The molecule has 1 saturated carbocycles. The number of nitrogens with zero attached hydrogens (tertiary/aromatic N) is 2. The van der Waals surface area contributed by atoms with Crippen LogP contribution in [0, 0.1) is 16.0 Å². The minimum Gasteiger partial charge on any atom is -0.414 e. The maximum Gasteiger partial charge on any atom is 0.292 e. The standard InChI is InChI=1S/C22H38N2O3Si/c1-17(2)16-23(20-10-8-9-11-21(20)24(25)26)18-12-14-19(15-13-18)27-28(6,7)22(3,4)5/h8-11,17-19H,12-16H2,1-7H3. The molecule has 5 nitrogen and oxygen atoms in total. The van der Waals surface area contributed by atoms with Crippen LogP contribution >= 0.6 is 0 Å². The van der Waals surface area contributed by atoms with Crippen molar-refractivity contribution in [3.63, 3.8) is 0 Å². The third-order valence-electron chi connectivity index (χ3n) is 6.30. The zero-order chi connectivity index (χ0) is 21.1. The van der Waals surface area contributed by atoms with E-state index in [4.69, 9.17) is 4.43 Å². The summed E-state index contributed by atoms with van der Waals surface area (Å²) in [5.74, 6) is 0.445. The van der Waals surface area contributed by atoms with Crippen molar-refractivity contribution < 1.29 is 9.35 Å². The Bertz CT molecular complexity index is 662. The van der Waals surface area contributed by atoms with Crippen LogP contribution in [0.4, 0.5) is 11.4 Å². The van der Waals surface area contributed by atoms with Gasteiger partial charge in [-0.2, -0.15) is 0 Å². The Hall–Kier alpha value is -1.40. The van der Waals surface area contributed by atoms with Crippen LogP contribution in [0.25, 0.3) is 0 Å². The van der Waals surface area contributed by atoms with Gasteiger partial charge in [0.2, 0.25) is 0 Å². The van der Waals surface area contributed by atoms with Crippen LogP contribution in [0.1, 0.15) is 60.3 Å². The molecular formula is C22H38N2O3Si. The van der Waals surface area contributed by atoms with Gasteiger partial charge in [-0.15, -0.1) is 0 Å². The molecule has 0 N–H and O–H groups in total. The topological polar surface area (TPSA) is 55.6 Å². The average Bonchev–Trinajstić information content (AvgIpc) is 2.59. The van der Waals surface area contributed by atoms with Gasteiger partial charge in [-0.1, -0.05) is 46.8 Å². The molecule has 28 heavy (non-hydrogen) atoms. The number of nitro groups is 1. The van der Waals surface area contributed by atoms with E-state index < -0.39 is 8.32 Å². The van der Waals surface area contributed by atoms with Gasteiger partial charge in [0.1, 0.15) is 5.69 Å². The zero-order valence-corrected chi connectivity index (χ0v) is 19.7. The van der Waals surface area contributed by atoms with Crippen molar-refractivity contribution in [1.82, 2.24) is 0 Å². The Morgan fingerprint density at radius 1 is 1.18 bits per heavy atom. The van der Waals surface area contributed by atoms with E-state index in [2.05, 4.69) is 52.6 Å². The monoisotopic (exact) mass is 406 g/mol. The molecule has 1 aliphatic carbocycles. The van der Waals surface area contributed by atoms with Crippen molar-refractivity contribution in [3.8, 4) is 0 Å². The molecule has 0 unspecified atom stereocenters. The Kier molecular flexibility index (Phi) is 7.31. The van der Waals surface area contributed by atoms with Gasteiger partial charge in [-0.05, 0) is 55.8 Å². The van der Waals surface area contributed by atoms with Crippen LogP contribution in [0.3, 0.4) is 0 Å². The number of hydrogen-bond acceptors (Lipinski definition) is 4. The van der Waals surface area contributed by atoms with E-state index >= 15 is 0 Å². The Morgan fingerprint density at radius 2 is 1.75 bits per heavy atom. The van der Waals surface area contributed by atoms with Crippen LogP contribution in [0.15, 0.2) is 24.3 Å². The molecule has 0 heterocycles. The van der Waals surface area contributed by atoms with E-state index in [-0.39, 0.29) is 15.6 Å². The molecule has 0 aromatic heterocycles. The summed E-state index contributed by atoms with van der Waals surface area (Å²) in [5, 5.41) is 11.8. The Labute approximate surface area is 171 Å². The highest BCUT2D eigenvalue weighted by molar-refractivity contribution is 6.74. The molecule has 1 fully saturated rings. The summed E-state index contributed by atoms with van der Waals surface area (Å²) >= 11 is 0. The molecule has 0 amide bonds. The van der Waals surface area contributed by atoms with Gasteiger partial charge in [0, 0.05) is 24.8 Å². The van der Waals surface area contributed by atoms with E-state index in [1.807, 2.05) is 12.1 Å². The molecule has 2 rings (SSSR count). The van der Waals surface area contributed by atoms with Crippen LogP contribution < -0.4 is 4.90 Å². The van der Waals surface area contributed by atoms with Gasteiger partial charge in [0.15, 0.2) is 8.32 Å². The summed E-state index contributed by atoms with van der Waals surface area (Å²) in [6.07, 6.45) is 4.44. The molecular weight excluding hydrogens is 368 g/mol. The molecule has 1 aromatic rings. The van der Waals surface area contributed by atoms with Crippen molar-refractivity contribution in [2.24, 2.45) is 5.92 Å². The van der Waals surface area contributed by atoms with Gasteiger partial charge >= 0.3 is 0 Å². The largest absolute Gasteiger partial charge is 0.414 e. The van der Waals surface area contributed by atoms with Crippen LogP contribution in [-0.2, 0) is 4.43 Å². The summed E-state index contributed by atoms with van der Waals surface area (Å²) in [6.45, 7) is 16.7. The summed E-state index contributed by atoms with van der Waals surface area (Å²) in [7, 11) is -1.76. The molecule has 0 atom stereocenters. The molecule has 0 bridgehead atoms. The van der Waals surface area contributed by atoms with Crippen molar-refractivity contribution in [2.75, 3.05) is 11.4 Å². The SMILES string of the molecule is CC(C)CN(c1ccccc1[N+](=O)[O-])C1CCC(O[Si](C)(C)C(C)(C)C)CC1.